The topological polar surface area (TPSA) is 24.9 Å². The summed E-state index contributed by atoms with van der Waals surface area (Å²) in [5.41, 5.74) is 3.95. The maximum Gasteiger partial charge on any atom is 0.0813 e. The summed E-state index contributed by atoms with van der Waals surface area (Å²) in [6.45, 7) is 2.04. The summed E-state index contributed by atoms with van der Waals surface area (Å²) in [5, 5.41) is 3.18. The lowest BCUT2D eigenvalue weighted by Crippen LogP contribution is -2.06. The van der Waals surface area contributed by atoms with E-state index in [9.17, 15) is 0 Å². The molecule has 72 valence electrons. The molecule has 2 aromatic rings. The van der Waals surface area contributed by atoms with E-state index in [0.29, 0.717) is 0 Å². The molecule has 2 nitrogen and oxygen atoms in total. The van der Waals surface area contributed by atoms with Crippen LogP contribution >= 0.6 is 23.6 Å². The minimum Gasteiger partial charge on any atom is -0.350 e. The van der Waals surface area contributed by atoms with Crippen molar-refractivity contribution in [2.24, 2.45) is 0 Å². The Morgan fingerprint density at radius 2 is 2.43 bits per heavy atom. The minimum absolute atomic E-state index is 0.869. The van der Waals surface area contributed by atoms with E-state index in [2.05, 4.69) is 16.4 Å². The van der Waals surface area contributed by atoms with Crippen LogP contribution in [-0.4, -0.2) is 9.97 Å². The molecular formula is C10H10N2S2. The molecule has 1 aromatic carbocycles. The average Bonchev–Trinajstić information content (AvgIpc) is 2.64. The Balaban J connectivity index is 2.30. The number of hydrogen-bond donors (Lipinski definition) is 1. The van der Waals surface area contributed by atoms with E-state index in [-0.39, 0.29) is 0 Å². The molecule has 0 atom stereocenters. The van der Waals surface area contributed by atoms with Gasteiger partial charge in [0, 0.05) is 5.69 Å². The molecule has 0 amide bonds. The lowest BCUT2D eigenvalue weighted by atomic mass is 10.3. The Labute approximate surface area is 92.0 Å². The van der Waals surface area contributed by atoms with Crippen molar-refractivity contribution in [3.8, 4) is 0 Å². The number of hydrogen-bond acceptors (Lipinski definition) is 3. The van der Waals surface area contributed by atoms with Crippen molar-refractivity contribution < 1.29 is 0 Å². The first-order valence-electron chi connectivity index (χ1n) is 4.42. The van der Waals surface area contributed by atoms with Gasteiger partial charge in [-0.2, -0.15) is 0 Å². The van der Waals surface area contributed by atoms with Gasteiger partial charge in [0.1, 0.15) is 0 Å². The van der Waals surface area contributed by atoms with E-state index in [4.69, 9.17) is 12.2 Å². The number of thiazole rings is 1. The van der Waals surface area contributed by atoms with Gasteiger partial charge in [-0.05, 0) is 24.6 Å². The van der Waals surface area contributed by atoms with Crippen LogP contribution in [0, 0.1) is 0 Å². The number of rotatable bonds is 2. The number of anilines is 1. The molecule has 1 aromatic heterocycles. The Hall–Kier alpha value is -1.00. The largest absolute Gasteiger partial charge is 0.350 e. The Kier molecular flexibility index (Phi) is 2.74. The third-order valence-corrected chi connectivity index (χ3v) is 3.12. The van der Waals surface area contributed by atoms with Gasteiger partial charge in [0.15, 0.2) is 0 Å². The van der Waals surface area contributed by atoms with Crippen LogP contribution in [0.1, 0.15) is 13.3 Å². The van der Waals surface area contributed by atoms with Gasteiger partial charge in [0.05, 0.1) is 20.7 Å². The van der Waals surface area contributed by atoms with Crippen molar-refractivity contribution in [3.63, 3.8) is 0 Å². The molecule has 0 aliphatic rings. The second kappa shape index (κ2) is 4.02. The quantitative estimate of drug-likeness (QED) is 0.788. The number of fused-ring (bicyclic) bond motifs is 1. The van der Waals surface area contributed by atoms with Crippen LogP contribution in [-0.2, 0) is 0 Å². The molecule has 0 unspecified atom stereocenters. The summed E-state index contributed by atoms with van der Waals surface area (Å²) in [4.78, 5) is 5.09. The number of nitrogens with zero attached hydrogens (tertiary/aromatic N) is 1. The van der Waals surface area contributed by atoms with Crippen LogP contribution in [0.25, 0.3) is 10.2 Å². The molecule has 0 aliphatic carbocycles. The zero-order valence-corrected chi connectivity index (χ0v) is 9.41. The monoisotopic (exact) mass is 222 g/mol. The van der Waals surface area contributed by atoms with Gasteiger partial charge in [0.25, 0.3) is 0 Å². The maximum absolute atomic E-state index is 5.12. The fourth-order valence-corrected chi connectivity index (χ4v) is 2.02. The van der Waals surface area contributed by atoms with Crippen molar-refractivity contribution in [2.75, 3.05) is 5.32 Å². The Morgan fingerprint density at radius 3 is 3.21 bits per heavy atom. The van der Waals surface area contributed by atoms with Crippen molar-refractivity contribution in [1.82, 2.24) is 4.98 Å². The normalized spacial score (nSPS) is 10.4. The van der Waals surface area contributed by atoms with Crippen LogP contribution in [0.15, 0.2) is 23.7 Å². The van der Waals surface area contributed by atoms with Crippen molar-refractivity contribution in [1.29, 1.82) is 0 Å². The molecule has 1 heterocycles. The average molecular weight is 222 g/mol. The molecule has 14 heavy (non-hydrogen) atoms. The zero-order chi connectivity index (χ0) is 9.97. The Bertz CT molecular complexity index is 462. The van der Waals surface area contributed by atoms with Gasteiger partial charge < -0.3 is 5.32 Å². The van der Waals surface area contributed by atoms with Gasteiger partial charge in [-0.25, -0.2) is 4.98 Å². The predicted octanol–water partition coefficient (Wildman–Crippen LogP) is 3.45. The summed E-state index contributed by atoms with van der Waals surface area (Å²) in [5.74, 6) is 0. The second-order valence-corrected chi connectivity index (χ2v) is 4.32. The molecular weight excluding hydrogens is 212 g/mol. The smallest absolute Gasteiger partial charge is 0.0813 e. The van der Waals surface area contributed by atoms with Crippen LogP contribution in [0.4, 0.5) is 5.69 Å². The highest BCUT2D eigenvalue weighted by atomic mass is 32.1. The van der Waals surface area contributed by atoms with E-state index < -0.39 is 0 Å². The van der Waals surface area contributed by atoms with Gasteiger partial charge in [-0.15, -0.1) is 11.3 Å². The summed E-state index contributed by atoms with van der Waals surface area (Å²) in [6, 6.07) is 6.09. The molecule has 0 fully saturated rings. The van der Waals surface area contributed by atoms with Gasteiger partial charge in [-0.1, -0.05) is 19.1 Å². The van der Waals surface area contributed by atoms with Crippen molar-refractivity contribution >= 4 is 44.4 Å². The fourth-order valence-electron chi connectivity index (χ4n) is 1.18. The highest BCUT2D eigenvalue weighted by molar-refractivity contribution is 7.80. The number of benzene rings is 1. The van der Waals surface area contributed by atoms with Crippen LogP contribution in [0.5, 0.6) is 0 Å². The van der Waals surface area contributed by atoms with Crippen LogP contribution in [0.2, 0.25) is 0 Å². The van der Waals surface area contributed by atoms with Crippen LogP contribution in [0.3, 0.4) is 0 Å². The molecule has 0 spiro atoms. The van der Waals surface area contributed by atoms with Crippen molar-refractivity contribution in [2.45, 2.75) is 13.3 Å². The molecule has 2 rings (SSSR count). The SMILES string of the molecule is CCC(=S)Nc1ccc2ncsc2c1. The van der Waals surface area contributed by atoms with E-state index in [1.807, 2.05) is 24.6 Å². The standard InChI is InChI=1S/C10H10N2S2/c1-2-10(13)12-7-3-4-8-9(5-7)14-6-11-8/h3-6H,2H2,1H3,(H,12,13). The number of thiocarbonyl (C=S) groups is 1. The second-order valence-electron chi connectivity index (χ2n) is 2.94. The molecule has 0 saturated carbocycles. The maximum atomic E-state index is 5.12. The molecule has 0 aliphatic heterocycles. The third-order valence-electron chi connectivity index (χ3n) is 1.94. The minimum atomic E-state index is 0.869. The third kappa shape index (κ3) is 1.91. The lowest BCUT2D eigenvalue weighted by Gasteiger charge is -2.04. The zero-order valence-electron chi connectivity index (χ0n) is 7.78. The van der Waals surface area contributed by atoms with E-state index in [1.54, 1.807) is 11.3 Å². The highest BCUT2D eigenvalue weighted by Crippen LogP contribution is 2.21. The van der Waals surface area contributed by atoms with Gasteiger partial charge in [-0.3, -0.25) is 0 Å². The van der Waals surface area contributed by atoms with E-state index in [1.165, 1.54) is 4.70 Å². The van der Waals surface area contributed by atoms with Crippen molar-refractivity contribution in [3.05, 3.63) is 23.7 Å². The van der Waals surface area contributed by atoms with Gasteiger partial charge >= 0.3 is 0 Å². The lowest BCUT2D eigenvalue weighted by molar-refractivity contribution is 1.31. The van der Waals surface area contributed by atoms with E-state index >= 15 is 0 Å². The molecule has 0 radical (unpaired) electrons. The first kappa shape index (κ1) is 9.55. The first-order valence-corrected chi connectivity index (χ1v) is 5.71. The fraction of sp³-hybridized carbons (Fsp3) is 0.200. The van der Waals surface area contributed by atoms with Gasteiger partial charge in [0.2, 0.25) is 0 Å². The summed E-state index contributed by atoms with van der Waals surface area (Å²) < 4.78 is 1.19. The van der Waals surface area contributed by atoms with E-state index in [0.717, 1.165) is 22.6 Å². The molecule has 4 heteroatoms. The molecule has 0 saturated heterocycles. The number of aromatic nitrogens is 1. The summed E-state index contributed by atoms with van der Waals surface area (Å²) >= 11 is 6.76. The summed E-state index contributed by atoms with van der Waals surface area (Å²) in [6.07, 6.45) is 0.871. The highest BCUT2D eigenvalue weighted by Gasteiger charge is 1.99. The van der Waals surface area contributed by atoms with Crippen LogP contribution < -0.4 is 5.32 Å². The Morgan fingerprint density at radius 1 is 1.57 bits per heavy atom. The number of nitrogens with one attached hydrogen (secondary N) is 1. The predicted molar refractivity (Wildman–Crippen MR) is 66.1 cm³/mol. The first-order chi connectivity index (χ1) is 6.79. The molecule has 0 bridgehead atoms. The summed E-state index contributed by atoms with van der Waals surface area (Å²) in [7, 11) is 0. The molecule has 1 N–H and O–H groups in total.